The van der Waals surface area contributed by atoms with Gasteiger partial charge in [-0.1, -0.05) is 83.1 Å². The molecule has 0 amide bonds. The fourth-order valence-electron chi connectivity index (χ4n) is 43.6. The van der Waals surface area contributed by atoms with Crippen molar-refractivity contribution < 1.29 is 148 Å². The Morgan fingerprint density at radius 1 is 0.168 bits per heavy atom. The molecule has 0 aliphatic heterocycles. The van der Waals surface area contributed by atoms with Gasteiger partial charge in [0.05, 0.1) is 139 Å². The number of fused-ring (bicyclic) bond motifs is 30. The predicted octanol–water partition coefficient (Wildman–Crippen LogP) is 5.87. The van der Waals surface area contributed by atoms with Crippen LogP contribution in [0.5, 0.6) is 0 Å². The molecule has 0 heterocycles. The summed E-state index contributed by atoms with van der Waals surface area (Å²) in [5.41, 5.74) is -12.1. The number of rotatable bonds is 0. The number of hydrogen-bond acceptors (Lipinski definition) is 29. The second-order valence-corrected chi connectivity index (χ2v) is 57.6. The lowest BCUT2D eigenvalue weighted by Crippen LogP contribution is -2.73. The highest BCUT2D eigenvalue weighted by molar-refractivity contribution is 5.28. The first-order valence-electron chi connectivity index (χ1n) is 57.4. The molecule has 24 fully saturated rings. The summed E-state index contributed by atoms with van der Waals surface area (Å²) in [6.07, 6.45) is 13.2. The van der Waals surface area contributed by atoms with E-state index < -0.39 is 177 Å². The lowest BCUT2D eigenvalue weighted by molar-refractivity contribution is -0.298. The van der Waals surface area contributed by atoms with E-state index in [4.69, 9.17) is 0 Å². The van der Waals surface area contributed by atoms with Crippen LogP contribution < -0.4 is 0 Å². The second-order valence-electron chi connectivity index (χ2n) is 57.6. The maximum atomic E-state index is 11.3. The third-order valence-electron chi connectivity index (χ3n) is 52.8. The molecule has 59 atom stereocenters. The molecule has 0 spiro atoms. The molecule has 24 saturated carbocycles. The maximum Gasteiger partial charge on any atom is 0.109 e. The smallest absolute Gasteiger partial charge is 0.109 e. The number of hydrogen-bond donors (Lipinski definition) is 29. The summed E-state index contributed by atoms with van der Waals surface area (Å²) in [5, 5.41) is 311. The Morgan fingerprint density at radius 2 is 0.406 bits per heavy atom. The molecule has 0 aromatic heterocycles. The van der Waals surface area contributed by atoms with E-state index in [1.165, 1.54) is 0 Å². The minimum atomic E-state index is -1.43. The van der Waals surface area contributed by atoms with E-state index in [-0.39, 0.29) is 183 Å². The molecule has 24 aliphatic rings. The second kappa shape index (κ2) is 37.0. The van der Waals surface area contributed by atoms with Crippen molar-refractivity contribution in [2.75, 3.05) is 0 Å². The zero-order valence-corrected chi connectivity index (χ0v) is 88.0. The average molecular weight is 2030 g/mol. The van der Waals surface area contributed by atoms with E-state index in [9.17, 15) is 148 Å². The first kappa shape index (κ1) is 110. The van der Waals surface area contributed by atoms with Crippen LogP contribution in [0, 0.1) is 172 Å². The van der Waals surface area contributed by atoms with Gasteiger partial charge in [0, 0.05) is 77.4 Å². The van der Waals surface area contributed by atoms with Gasteiger partial charge in [-0.15, -0.1) is 0 Å². The molecule has 24 rings (SSSR count). The van der Waals surface area contributed by atoms with E-state index in [0.717, 1.165) is 141 Å². The molecule has 822 valence electrons. The molecule has 29 heteroatoms. The molecular formula is C114H192O29. The minimum absolute atomic E-state index is 0.0130. The Bertz CT molecular complexity index is 4320. The van der Waals surface area contributed by atoms with Crippen molar-refractivity contribution in [1.82, 2.24) is 0 Å². The summed E-state index contributed by atoms with van der Waals surface area (Å²) in [6, 6.07) is 0. The highest BCUT2D eigenvalue weighted by Crippen LogP contribution is 2.76. The van der Waals surface area contributed by atoms with Crippen LogP contribution in [0.3, 0.4) is 0 Å². The average Bonchev–Trinajstić information content (AvgIpc) is 1.67. The highest BCUT2D eigenvalue weighted by atomic mass is 16.4. The Labute approximate surface area is 848 Å². The summed E-state index contributed by atoms with van der Waals surface area (Å²) in [7, 11) is 0. The van der Waals surface area contributed by atoms with Gasteiger partial charge in [-0.05, 0) is 370 Å². The van der Waals surface area contributed by atoms with E-state index in [2.05, 4.69) is 55.4 Å². The lowest BCUT2D eigenvalue weighted by Gasteiger charge is -2.66. The zero-order chi connectivity index (χ0) is 104. The number of aliphatic hydroxyl groups excluding tert-OH is 23. The van der Waals surface area contributed by atoms with Crippen molar-refractivity contribution in [3.8, 4) is 0 Å². The molecule has 143 heavy (non-hydrogen) atoms. The van der Waals surface area contributed by atoms with Crippen molar-refractivity contribution in [2.24, 2.45) is 172 Å². The highest BCUT2D eigenvalue weighted by Gasteiger charge is 2.78. The molecule has 0 aromatic rings. The van der Waals surface area contributed by atoms with Gasteiger partial charge in [-0.25, -0.2) is 0 Å². The monoisotopic (exact) mass is 2030 g/mol. The van der Waals surface area contributed by atoms with Gasteiger partial charge in [0.1, 0.15) is 35.1 Å². The summed E-state index contributed by atoms with van der Waals surface area (Å²) in [6.45, 7) is 25.1. The summed E-state index contributed by atoms with van der Waals surface area (Å²) >= 11 is 0. The van der Waals surface area contributed by atoms with Gasteiger partial charge in [-0.2, -0.15) is 0 Å². The maximum absolute atomic E-state index is 11.3. The van der Waals surface area contributed by atoms with E-state index in [1.807, 2.05) is 27.7 Å². The van der Waals surface area contributed by atoms with E-state index in [1.54, 1.807) is 0 Å². The molecular weight excluding hydrogens is 1830 g/mol. The minimum Gasteiger partial charge on any atom is -0.393 e. The first-order chi connectivity index (χ1) is 66.4. The van der Waals surface area contributed by atoms with Crippen LogP contribution in [0.2, 0.25) is 0 Å². The fourth-order valence-corrected chi connectivity index (χ4v) is 43.6. The van der Waals surface area contributed by atoms with Crippen LogP contribution in [0.1, 0.15) is 359 Å². The molecule has 29 nitrogen and oxygen atoms in total. The third-order valence-corrected chi connectivity index (χ3v) is 52.8. The Hall–Kier alpha value is -1.16. The van der Waals surface area contributed by atoms with Gasteiger partial charge < -0.3 is 148 Å². The zero-order valence-electron chi connectivity index (χ0n) is 88.0. The van der Waals surface area contributed by atoms with Gasteiger partial charge in [0.25, 0.3) is 0 Å². The standard InChI is InChI=1S/5C19H32O5.C19H32O4/c1-17-5-4-12-11(16(17)13(21)8-14(17)22)7-15(23)19(24)9-10(20)3-6-18(12,19)2;3*1-17-7-6-12-14(11(17)3-4-13(17)21)15(22)16(23)19(24)9-10(20)5-8-18(12,19)2;1-17-9-13(21)16-11(12(17)3-4-14(17)22)7-15(23)19(24)8-10(20)5-6-18(16,19)2;1-17-7-6-14-12(13(17)3-4-15(17)21)9-16(22)19(23)10-11(20)5-8-18(14,19)2/h5*10-16,20-24H,3-9H2,1-2H3;11-16,20-23H,3-10H2,1-2H3/t10-,11+,12-,13+,14-,15+,16+,17+,18+,19-;10-,11-,12-,13-,14-,15+,16+,17-,18+,19-;10-,11-,12-,13-,14-,15-,16+,17-,18+,19-;10-,11-,12-,13-,14-,15-,16-,17-,18+,19+;10-,11-,12-,13+,14-,15+,16+,17-,18+,19-;11-,12-,13-,14-,15-,16+,17-,18+,19-/m000000/s1. The Kier molecular flexibility index (Phi) is 28.5. The molecule has 0 bridgehead atoms. The summed E-state index contributed by atoms with van der Waals surface area (Å²) in [4.78, 5) is 0. The topological polar surface area (TPSA) is 587 Å². The quantitative estimate of drug-likeness (QED) is 0.135. The van der Waals surface area contributed by atoms with Crippen LogP contribution in [0.25, 0.3) is 0 Å². The third kappa shape index (κ3) is 15.5. The van der Waals surface area contributed by atoms with Gasteiger partial charge >= 0.3 is 0 Å². The Morgan fingerprint density at radius 3 is 0.734 bits per heavy atom. The van der Waals surface area contributed by atoms with E-state index >= 15 is 0 Å². The fraction of sp³-hybridized carbons (Fsp3) is 1.00. The van der Waals surface area contributed by atoms with E-state index in [0.29, 0.717) is 120 Å². The predicted molar refractivity (Wildman–Crippen MR) is 526 cm³/mol. The molecule has 0 unspecified atom stereocenters. The normalized spacial score (nSPS) is 63.2. The van der Waals surface area contributed by atoms with Crippen LogP contribution in [-0.2, 0) is 0 Å². The van der Waals surface area contributed by atoms with Crippen molar-refractivity contribution in [2.45, 2.75) is 533 Å². The van der Waals surface area contributed by atoms with Crippen molar-refractivity contribution in [3.63, 3.8) is 0 Å². The number of aliphatic hydroxyl groups is 29. The molecule has 0 radical (unpaired) electrons. The largest absolute Gasteiger partial charge is 0.393 e. The molecule has 0 saturated heterocycles. The van der Waals surface area contributed by atoms with Crippen LogP contribution >= 0.6 is 0 Å². The van der Waals surface area contributed by atoms with Gasteiger partial charge in [0.15, 0.2) is 0 Å². The summed E-state index contributed by atoms with van der Waals surface area (Å²) < 4.78 is 0. The summed E-state index contributed by atoms with van der Waals surface area (Å²) in [5.74, 6) is 2.54. The Balaban J connectivity index is 0.000000109. The molecule has 0 aromatic carbocycles. The van der Waals surface area contributed by atoms with Crippen molar-refractivity contribution >= 4 is 0 Å². The lowest BCUT2D eigenvalue weighted by atomic mass is 9.42. The van der Waals surface area contributed by atoms with Crippen molar-refractivity contribution in [3.05, 3.63) is 0 Å². The van der Waals surface area contributed by atoms with Crippen LogP contribution in [-0.4, -0.2) is 322 Å². The van der Waals surface area contributed by atoms with Crippen LogP contribution in [0.15, 0.2) is 0 Å². The molecule has 24 aliphatic carbocycles. The SMILES string of the molecule is C[C@]12CC[C@H]3[C@@H](C[C@@H](O)[C@@]4(O)C[C@@H](O)CC[C@]34C)[C@@H]1CC[C@@H]2O.C[C@]12CC[C@H]3[C@@H](C[C@@H](O)[C@@]4(O)C[C@@H](O)CC[C@]34C)[C@@H]1[C@H](O)C[C@@H]2O.C[C@]12CC[C@H]3[C@@H]([C@@H](O)[C@@H](O)[C@@]4(O)C[C@@H](O)CC[C@]34C)[C@@H]1CC[C@@H]2O.C[C@]12CC[C@H]3[C@@H]([C@H](O)[C@@H](O)[C@@]4(O)C[C@@H](O)CC[C@]34C)[C@@H]1CC[C@@H]2O.C[C@]12CC[C@H]3[C@@H]([C@H](O)[C@H](O)[C@]4(O)C[C@@H](O)CC[C@]34C)[C@@H]1CC[C@@H]2O.C[C@]12C[C@@H](O)[C@H]3[C@@H](C[C@@H](O)[C@@]4(O)C[C@@H](O)CC[C@]34C)[C@@H]1CC[C@@H]2O. The van der Waals surface area contributed by atoms with Gasteiger partial charge in [0.2, 0.25) is 0 Å². The first-order valence-corrected chi connectivity index (χ1v) is 57.4. The molecule has 29 N–H and O–H groups in total. The van der Waals surface area contributed by atoms with Gasteiger partial charge in [-0.3, -0.25) is 0 Å². The van der Waals surface area contributed by atoms with Crippen LogP contribution in [0.4, 0.5) is 0 Å². The van der Waals surface area contributed by atoms with Crippen molar-refractivity contribution in [1.29, 1.82) is 0 Å².